The van der Waals surface area contributed by atoms with E-state index in [1.54, 1.807) is 6.08 Å². The van der Waals surface area contributed by atoms with Crippen molar-refractivity contribution in [2.45, 2.75) is 0 Å². The van der Waals surface area contributed by atoms with Gasteiger partial charge in [0.15, 0.2) is 0 Å². The van der Waals surface area contributed by atoms with Crippen LogP contribution in [0.4, 0.5) is 0 Å². The van der Waals surface area contributed by atoms with E-state index in [0.717, 1.165) is 22.5 Å². The van der Waals surface area contributed by atoms with Crippen molar-refractivity contribution in [3.63, 3.8) is 0 Å². The van der Waals surface area contributed by atoms with Gasteiger partial charge in [-0.05, 0) is 23.3 Å². The van der Waals surface area contributed by atoms with Crippen LogP contribution in [0, 0.1) is 11.3 Å². The number of hydrogen-bond acceptors (Lipinski definition) is 1. The van der Waals surface area contributed by atoms with E-state index >= 15 is 0 Å². The van der Waals surface area contributed by atoms with Crippen molar-refractivity contribution in [2.24, 2.45) is 0 Å². The van der Waals surface area contributed by atoms with Gasteiger partial charge in [0, 0.05) is 12.3 Å². The maximum absolute atomic E-state index is 9.12. The normalized spacial score (nSPS) is 11.1. The maximum Gasteiger partial charge on any atom is 0.0934 e. The fourth-order valence-corrected chi connectivity index (χ4v) is 2.40. The first kappa shape index (κ1) is 13.0. The van der Waals surface area contributed by atoms with Gasteiger partial charge in [0.05, 0.1) is 17.5 Å². The van der Waals surface area contributed by atoms with E-state index in [-0.39, 0.29) is 0 Å². The van der Waals surface area contributed by atoms with Gasteiger partial charge < -0.3 is 4.57 Å². The second kappa shape index (κ2) is 5.94. The van der Waals surface area contributed by atoms with Crippen molar-refractivity contribution in [1.82, 2.24) is 4.57 Å². The standard InChI is InChI=1S/C19H14N2/c20-14-13-19(17-10-5-2-6-11-17)21-15-7-12-18(21)16-8-3-1-4-9-16/h1-13,15H/b19-13+. The van der Waals surface area contributed by atoms with Crippen molar-refractivity contribution in [3.8, 4) is 17.3 Å². The fraction of sp³-hybridized carbons (Fsp3) is 0. The summed E-state index contributed by atoms with van der Waals surface area (Å²) in [6, 6.07) is 26.3. The summed E-state index contributed by atoms with van der Waals surface area (Å²) >= 11 is 0. The third-order valence-corrected chi connectivity index (χ3v) is 3.35. The highest BCUT2D eigenvalue weighted by Gasteiger charge is 2.09. The second-order valence-corrected chi connectivity index (χ2v) is 4.65. The molecule has 1 aromatic heterocycles. The Hall–Kier alpha value is -3.05. The molecule has 0 aliphatic carbocycles. The number of allylic oxidation sites excluding steroid dienone is 1. The molecule has 0 atom stereocenters. The first-order chi connectivity index (χ1) is 10.4. The number of benzene rings is 2. The van der Waals surface area contributed by atoms with Crippen LogP contribution in [0.1, 0.15) is 5.56 Å². The molecule has 100 valence electrons. The molecule has 1 heterocycles. The van der Waals surface area contributed by atoms with E-state index < -0.39 is 0 Å². The summed E-state index contributed by atoms with van der Waals surface area (Å²) in [5, 5.41) is 9.12. The summed E-state index contributed by atoms with van der Waals surface area (Å²) in [6.07, 6.45) is 3.57. The van der Waals surface area contributed by atoms with Gasteiger partial charge in [-0.2, -0.15) is 5.26 Å². The summed E-state index contributed by atoms with van der Waals surface area (Å²) in [4.78, 5) is 0. The molecule has 21 heavy (non-hydrogen) atoms. The molecule has 0 spiro atoms. The summed E-state index contributed by atoms with van der Waals surface area (Å²) in [6.45, 7) is 0. The molecule has 0 saturated carbocycles. The predicted molar refractivity (Wildman–Crippen MR) is 85.3 cm³/mol. The molecule has 0 aliphatic rings. The smallest absolute Gasteiger partial charge is 0.0934 e. The molecule has 0 unspecified atom stereocenters. The number of nitrogens with zero attached hydrogens (tertiary/aromatic N) is 2. The molecular weight excluding hydrogens is 256 g/mol. The fourth-order valence-electron chi connectivity index (χ4n) is 2.40. The van der Waals surface area contributed by atoms with E-state index in [1.807, 2.05) is 65.4 Å². The molecule has 3 rings (SSSR count). The molecule has 0 fully saturated rings. The van der Waals surface area contributed by atoms with Crippen molar-refractivity contribution < 1.29 is 0 Å². The van der Waals surface area contributed by atoms with E-state index in [9.17, 15) is 0 Å². The summed E-state index contributed by atoms with van der Waals surface area (Å²) < 4.78 is 2.05. The molecule has 2 nitrogen and oxygen atoms in total. The number of aromatic nitrogens is 1. The lowest BCUT2D eigenvalue weighted by molar-refractivity contribution is 1.12. The molecule has 0 aliphatic heterocycles. The van der Waals surface area contributed by atoms with Crippen LogP contribution in [0.5, 0.6) is 0 Å². The summed E-state index contributed by atoms with van der Waals surface area (Å²) in [7, 11) is 0. The molecule has 3 aromatic rings. The van der Waals surface area contributed by atoms with E-state index in [1.165, 1.54) is 0 Å². The molecule has 0 bridgehead atoms. The maximum atomic E-state index is 9.12. The molecule has 0 amide bonds. The Kier molecular flexibility index (Phi) is 3.66. The Morgan fingerprint density at radius 2 is 1.52 bits per heavy atom. The molecule has 2 aromatic carbocycles. The van der Waals surface area contributed by atoms with Gasteiger partial charge in [0.25, 0.3) is 0 Å². The minimum Gasteiger partial charge on any atom is -0.315 e. The highest BCUT2D eigenvalue weighted by Crippen LogP contribution is 2.26. The minimum absolute atomic E-state index is 0.877. The molecule has 0 N–H and O–H groups in total. The van der Waals surface area contributed by atoms with Crippen LogP contribution in [-0.4, -0.2) is 4.57 Å². The van der Waals surface area contributed by atoms with Crippen molar-refractivity contribution in [2.75, 3.05) is 0 Å². The van der Waals surface area contributed by atoms with Gasteiger partial charge in [-0.25, -0.2) is 0 Å². The Morgan fingerprint density at radius 1 is 0.857 bits per heavy atom. The van der Waals surface area contributed by atoms with E-state index in [2.05, 4.69) is 24.3 Å². The van der Waals surface area contributed by atoms with Gasteiger partial charge in [0.1, 0.15) is 0 Å². The quantitative estimate of drug-likeness (QED) is 0.641. The van der Waals surface area contributed by atoms with Crippen LogP contribution in [-0.2, 0) is 0 Å². The zero-order chi connectivity index (χ0) is 14.5. The third kappa shape index (κ3) is 2.63. The highest BCUT2D eigenvalue weighted by atomic mass is 15.0. The van der Waals surface area contributed by atoms with Crippen molar-refractivity contribution >= 4 is 5.70 Å². The van der Waals surface area contributed by atoms with Gasteiger partial charge in [-0.1, -0.05) is 60.7 Å². The Balaban J connectivity index is 2.14. The van der Waals surface area contributed by atoms with E-state index in [4.69, 9.17) is 5.26 Å². The number of hydrogen-bond donors (Lipinski definition) is 0. The van der Waals surface area contributed by atoms with E-state index in [0.29, 0.717) is 0 Å². The van der Waals surface area contributed by atoms with Crippen LogP contribution in [0.2, 0.25) is 0 Å². The van der Waals surface area contributed by atoms with Crippen LogP contribution in [0.15, 0.2) is 85.1 Å². The van der Waals surface area contributed by atoms with Crippen LogP contribution in [0.3, 0.4) is 0 Å². The molecular formula is C19H14N2. The van der Waals surface area contributed by atoms with Crippen LogP contribution < -0.4 is 0 Å². The minimum atomic E-state index is 0.877. The van der Waals surface area contributed by atoms with Crippen molar-refractivity contribution in [3.05, 3.63) is 90.6 Å². The first-order valence-corrected chi connectivity index (χ1v) is 6.78. The SMILES string of the molecule is N#C/C=C(\c1ccccc1)n1cccc1-c1ccccc1. The van der Waals surface area contributed by atoms with Crippen LogP contribution >= 0.6 is 0 Å². The lowest BCUT2D eigenvalue weighted by Gasteiger charge is -2.13. The number of rotatable bonds is 3. The second-order valence-electron chi connectivity index (χ2n) is 4.65. The van der Waals surface area contributed by atoms with Crippen LogP contribution in [0.25, 0.3) is 17.0 Å². The lowest BCUT2D eigenvalue weighted by Crippen LogP contribution is -1.99. The predicted octanol–water partition coefficient (Wildman–Crippen LogP) is 4.57. The molecule has 2 heteroatoms. The zero-order valence-corrected chi connectivity index (χ0v) is 11.5. The average Bonchev–Trinajstić information content (AvgIpc) is 3.03. The van der Waals surface area contributed by atoms with Gasteiger partial charge in [0.2, 0.25) is 0 Å². The van der Waals surface area contributed by atoms with Crippen molar-refractivity contribution in [1.29, 1.82) is 5.26 Å². The largest absolute Gasteiger partial charge is 0.315 e. The monoisotopic (exact) mass is 270 g/mol. The molecule has 0 saturated heterocycles. The molecule has 0 radical (unpaired) electrons. The van der Waals surface area contributed by atoms with Gasteiger partial charge in [-0.3, -0.25) is 0 Å². The topological polar surface area (TPSA) is 28.7 Å². The lowest BCUT2D eigenvalue weighted by atomic mass is 10.1. The highest BCUT2D eigenvalue weighted by molar-refractivity contribution is 5.74. The Morgan fingerprint density at radius 3 is 2.19 bits per heavy atom. The Bertz CT molecular complexity index is 790. The van der Waals surface area contributed by atoms with Gasteiger partial charge in [-0.15, -0.1) is 0 Å². The number of nitriles is 1. The summed E-state index contributed by atoms with van der Waals surface area (Å²) in [5.74, 6) is 0. The first-order valence-electron chi connectivity index (χ1n) is 6.78. The van der Waals surface area contributed by atoms with Gasteiger partial charge >= 0.3 is 0 Å². The Labute approximate surface area is 124 Å². The third-order valence-electron chi connectivity index (χ3n) is 3.35. The summed E-state index contributed by atoms with van der Waals surface area (Å²) in [5.41, 5.74) is 4.10. The average molecular weight is 270 g/mol. The zero-order valence-electron chi connectivity index (χ0n) is 11.5.